The molecule has 1 aromatic carbocycles. The first-order valence-electron chi connectivity index (χ1n) is 6.59. The summed E-state index contributed by atoms with van der Waals surface area (Å²) in [5.74, 6) is -1.23. The quantitative estimate of drug-likeness (QED) is 0.922. The molecule has 1 aromatic heterocycles. The SMILES string of the molecule is Cc1ncc(C(=O)N2Cc3ccccc3C[C@H]2C(=O)O)s1. The highest BCUT2D eigenvalue weighted by Crippen LogP contribution is 2.26. The Labute approximate surface area is 125 Å². The van der Waals surface area contributed by atoms with E-state index >= 15 is 0 Å². The molecule has 0 fully saturated rings. The van der Waals surface area contributed by atoms with Gasteiger partial charge in [-0.1, -0.05) is 24.3 Å². The van der Waals surface area contributed by atoms with Gasteiger partial charge in [-0.3, -0.25) is 4.79 Å². The van der Waals surface area contributed by atoms with Gasteiger partial charge in [0.1, 0.15) is 10.9 Å². The number of amides is 1. The fraction of sp³-hybridized carbons (Fsp3) is 0.267. The van der Waals surface area contributed by atoms with Crippen LogP contribution >= 0.6 is 11.3 Å². The number of hydrogen-bond donors (Lipinski definition) is 1. The van der Waals surface area contributed by atoms with Crippen molar-refractivity contribution < 1.29 is 14.7 Å². The minimum atomic E-state index is -0.973. The van der Waals surface area contributed by atoms with Gasteiger partial charge in [-0.15, -0.1) is 11.3 Å². The number of hydrogen-bond acceptors (Lipinski definition) is 4. The van der Waals surface area contributed by atoms with Crippen molar-refractivity contribution in [2.45, 2.75) is 25.9 Å². The van der Waals surface area contributed by atoms with Gasteiger partial charge in [-0.25, -0.2) is 9.78 Å². The number of carboxylic acid groups (broad SMARTS) is 1. The van der Waals surface area contributed by atoms with Crippen molar-refractivity contribution >= 4 is 23.2 Å². The van der Waals surface area contributed by atoms with Crippen LogP contribution in [0.5, 0.6) is 0 Å². The highest BCUT2D eigenvalue weighted by Gasteiger charge is 2.35. The average molecular weight is 302 g/mol. The summed E-state index contributed by atoms with van der Waals surface area (Å²) in [4.78, 5) is 30.1. The van der Waals surface area contributed by atoms with Gasteiger partial charge in [-0.05, 0) is 18.1 Å². The van der Waals surface area contributed by atoms with Crippen molar-refractivity contribution in [1.29, 1.82) is 0 Å². The van der Waals surface area contributed by atoms with Gasteiger partial charge in [-0.2, -0.15) is 0 Å². The molecule has 0 radical (unpaired) electrons. The van der Waals surface area contributed by atoms with E-state index in [0.717, 1.165) is 16.1 Å². The van der Waals surface area contributed by atoms with Crippen LogP contribution < -0.4 is 0 Å². The van der Waals surface area contributed by atoms with Crippen LogP contribution in [0.2, 0.25) is 0 Å². The molecule has 21 heavy (non-hydrogen) atoms. The van der Waals surface area contributed by atoms with Crippen LogP contribution in [0.1, 0.15) is 25.8 Å². The Hall–Kier alpha value is -2.21. The van der Waals surface area contributed by atoms with Gasteiger partial charge in [0.05, 0.1) is 11.2 Å². The van der Waals surface area contributed by atoms with Crippen LogP contribution in [0, 0.1) is 6.92 Å². The summed E-state index contributed by atoms with van der Waals surface area (Å²) in [7, 11) is 0. The van der Waals surface area contributed by atoms with E-state index in [0.29, 0.717) is 17.8 Å². The topological polar surface area (TPSA) is 70.5 Å². The van der Waals surface area contributed by atoms with E-state index in [1.54, 1.807) is 0 Å². The molecule has 2 heterocycles. The van der Waals surface area contributed by atoms with Crippen molar-refractivity contribution in [3.8, 4) is 0 Å². The summed E-state index contributed by atoms with van der Waals surface area (Å²) in [5.41, 5.74) is 2.00. The normalized spacial score (nSPS) is 17.4. The van der Waals surface area contributed by atoms with E-state index in [1.807, 2.05) is 31.2 Å². The summed E-state index contributed by atoms with van der Waals surface area (Å²) in [5, 5.41) is 10.2. The standard InChI is InChI=1S/C15H14N2O3S/c1-9-16-7-13(21-9)14(18)17-8-11-5-3-2-4-10(11)6-12(17)15(19)20/h2-5,7,12H,6,8H2,1H3,(H,19,20)/t12-/m0/s1. The van der Waals surface area contributed by atoms with E-state index in [1.165, 1.54) is 22.4 Å². The van der Waals surface area contributed by atoms with Crippen LogP contribution in [0.3, 0.4) is 0 Å². The molecule has 108 valence electrons. The number of aromatic nitrogens is 1. The molecule has 1 atom stereocenters. The van der Waals surface area contributed by atoms with Gasteiger partial charge >= 0.3 is 5.97 Å². The average Bonchev–Trinajstić information content (AvgIpc) is 2.91. The van der Waals surface area contributed by atoms with Gasteiger partial charge in [0.2, 0.25) is 0 Å². The van der Waals surface area contributed by atoms with Crippen molar-refractivity contribution in [1.82, 2.24) is 9.88 Å². The molecule has 0 spiro atoms. The molecule has 1 amide bonds. The number of carboxylic acids is 1. The molecular formula is C15H14N2O3S. The largest absolute Gasteiger partial charge is 0.480 e. The molecule has 0 saturated heterocycles. The number of carbonyl (C=O) groups is 2. The number of aryl methyl sites for hydroxylation is 1. The smallest absolute Gasteiger partial charge is 0.326 e. The number of nitrogens with zero attached hydrogens (tertiary/aromatic N) is 2. The molecule has 1 aliphatic heterocycles. The van der Waals surface area contributed by atoms with Crippen molar-refractivity contribution in [2.24, 2.45) is 0 Å². The third kappa shape index (κ3) is 2.54. The Balaban J connectivity index is 1.96. The Bertz CT molecular complexity index is 710. The lowest BCUT2D eigenvalue weighted by molar-refractivity contribution is -0.142. The molecular weight excluding hydrogens is 288 g/mol. The molecule has 1 N–H and O–H groups in total. The fourth-order valence-corrected chi connectivity index (χ4v) is 3.29. The zero-order chi connectivity index (χ0) is 15.0. The molecule has 3 rings (SSSR count). The molecule has 0 unspecified atom stereocenters. The molecule has 2 aromatic rings. The lowest BCUT2D eigenvalue weighted by Gasteiger charge is -2.34. The third-order valence-electron chi connectivity index (χ3n) is 3.63. The second-order valence-electron chi connectivity index (χ2n) is 5.00. The summed E-state index contributed by atoms with van der Waals surface area (Å²) in [6, 6.07) is 6.83. The maximum Gasteiger partial charge on any atom is 0.326 e. The third-order valence-corrected chi connectivity index (χ3v) is 4.53. The number of carbonyl (C=O) groups excluding carboxylic acids is 1. The van der Waals surface area contributed by atoms with E-state index in [9.17, 15) is 14.7 Å². The van der Waals surface area contributed by atoms with Crippen LogP contribution in [-0.4, -0.2) is 32.9 Å². The lowest BCUT2D eigenvalue weighted by Crippen LogP contribution is -2.48. The lowest BCUT2D eigenvalue weighted by atomic mass is 9.94. The summed E-state index contributed by atoms with van der Waals surface area (Å²) in [6.45, 7) is 2.14. The maximum atomic E-state index is 12.6. The number of thiazole rings is 1. The summed E-state index contributed by atoms with van der Waals surface area (Å²) < 4.78 is 0. The highest BCUT2D eigenvalue weighted by molar-refractivity contribution is 7.13. The Morgan fingerprint density at radius 1 is 1.33 bits per heavy atom. The van der Waals surface area contributed by atoms with E-state index in [-0.39, 0.29) is 5.91 Å². The highest BCUT2D eigenvalue weighted by atomic mass is 32.1. The van der Waals surface area contributed by atoms with Crippen molar-refractivity contribution in [3.05, 3.63) is 51.5 Å². The number of rotatable bonds is 2. The maximum absolute atomic E-state index is 12.6. The summed E-state index contributed by atoms with van der Waals surface area (Å²) >= 11 is 1.29. The van der Waals surface area contributed by atoms with Crippen LogP contribution in [0.25, 0.3) is 0 Å². The monoisotopic (exact) mass is 302 g/mol. The minimum absolute atomic E-state index is 0.262. The Morgan fingerprint density at radius 2 is 2.05 bits per heavy atom. The molecule has 0 aliphatic carbocycles. The fourth-order valence-electron chi connectivity index (χ4n) is 2.56. The Kier molecular flexibility index (Phi) is 3.47. The zero-order valence-electron chi connectivity index (χ0n) is 11.4. The van der Waals surface area contributed by atoms with Gasteiger partial charge in [0, 0.05) is 13.0 Å². The van der Waals surface area contributed by atoms with Gasteiger partial charge in [0.25, 0.3) is 5.91 Å². The molecule has 5 nitrogen and oxygen atoms in total. The summed E-state index contributed by atoms with van der Waals surface area (Å²) in [6.07, 6.45) is 1.86. The van der Waals surface area contributed by atoms with Crippen molar-refractivity contribution in [3.63, 3.8) is 0 Å². The number of fused-ring (bicyclic) bond motifs is 1. The second kappa shape index (κ2) is 5.29. The van der Waals surface area contributed by atoms with E-state index in [2.05, 4.69) is 4.98 Å². The van der Waals surface area contributed by atoms with Gasteiger partial charge in [0.15, 0.2) is 0 Å². The first-order valence-corrected chi connectivity index (χ1v) is 7.41. The van der Waals surface area contributed by atoms with Crippen LogP contribution in [-0.2, 0) is 17.8 Å². The number of benzene rings is 1. The first-order chi connectivity index (χ1) is 10.1. The van der Waals surface area contributed by atoms with Gasteiger partial charge < -0.3 is 10.0 Å². The molecule has 6 heteroatoms. The minimum Gasteiger partial charge on any atom is -0.480 e. The van der Waals surface area contributed by atoms with Crippen LogP contribution in [0.15, 0.2) is 30.5 Å². The molecule has 0 saturated carbocycles. The van der Waals surface area contributed by atoms with E-state index in [4.69, 9.17) is 0 Å². The van der Waals surface area contributed by atoms with Crippen LogP contribution in [0.4, 0.5) is 0 Å². The van der Waals surface area contributed by atoms with Crippen molar-refractivity contribution in [2.75, 3.05) is 0 Å². The first kappa shape index (κ1) is 13.8. The molecule has 1 aliphatic rings. The van der Waals surface area contributed by atoms with E-state index < -0.39 is 12.0 Å². The predicted molar refractivity (Wildman–Crippen MR) is 78.3 cm³/mol. The molecule has 0 bridgehead atoms. The zero-order valence-corrected chi connectivity index (χ0v) is 12.3. The predicted octanol–water partition coefficient (Wildman–Crippen LogP) is 2.10. The Morgan fingerprint density at radius 3 is 2.67 bits per heavy atom. The number of aliphatic carboxylic acids is 1. The second-order valence-corrected chi connectivity index (χ2v) is 6.24.